The zero-order valence-electron chi connectivity index (χ0n) is 13.1. The minimum atomic E-state index is -0.0396. The molecular weight excluding hydrogens is 330 g/mol. The van der Waals surface area contributed by atoms with Crippen LogP contribution >= 0.6 is 15.9 Å². The van der Waals surface area contributed by atoms with Gasteiger partial charge in [0.1, 0.15) is 4.47 Å². The van der Waals surface area contributed by atoms with Crippen LogP contribution in [0.25, 0.3) is 0 Å². The second-order valence-corrected chi connectivity index (χ2v) is 7.27. The lowest BCUT2D eigenvalue weighted by Crippen LogP contribution is -2.30. The normalized spacial score (nSPS) is 17.7. The summed E-state index contributed by atoms with van der Waals surface area (Å²) < 4.78 is 2.15. The molecule has 1 aliphatic rings. The van der Waals surface area contributed by atoms with Crippen molar-refractivity contribution in [3.05, 3.63) is 21.0 Å². The minimum absolute atomic E-state index is 0.0396. The second kappa shape index (κ2) is 7.43. The van der Waals surface area contributed by atoms with E-state index in [9.17, 15) is 4.79 Å². The van der Waals surface area contributed by atoms with Gasteiger partial charge in [-0.25, -0.2) is 4.68 Å². The van der Waals surface area contributed by atoms with Crippen LogP contribution < -0.4 is 10.9 Å². The van der Waals surface area contributed by atoms with Crippen LogP contribution in [0, 0.1) is 5.41 Å². The minimum Gasteiger partial charge on any atom is -0.382 e. The van der Waals surface area contributed by atoms with E-state index in [1.807, 2.05) is 0 Å². The molecule has 0 radical (unpaired) electrons. The molecule has 1 heterocycles. The molecule has 0 aliphatic heterocycles. The number of unbranched alkanes of at least 4 members (excludes halogenated alkanes) is 1. The lowest BCUT2D eigenvalue weighted by molar-refractivity contribution is 0.233. The third-order valence-corrected chi connectivity index (χ3v) is 5.24. The fourth-order valence-electron chi connectivity index (χ4n) is 2.95. The van der Waals surface area contributed by atoms with E-state index in [1.165, 1.54) is 32.1 Å². The van der Waals surface area contributed by atoms with Gasteiger partial charge in [-0.05, 0) is 40.6 Å². The van der Waals surface area contributed by atoms with Gasteiger partial charge in [-0.2, -0.15) is 5.10 Å². The van der Waals surface area contributed by atoms with Gasteiger partial charge in [0.2, 0.25) is 0 Å². The molecule has 0 atom stereocenters. The van der Waals surface area contributed by atoms with Crippen molar-refractivity contribution in [3.8, 4) is 0 Å². The highest BCUT2D eigenvalue weighted by Gasteiger charge is 2.26. The molecule has 1 saturated carbocycles. The summed E-state index contributed by atoms with van der Waals surface area (Å²) in [7, 11) is 0. The molecular formula is C16H26BrN3O. The van der Waals surface area contributed by atoms with Crippen LogP contribution in [0.2, 0.25) is 0 Å². The van der Waals surface area contributed by atoms with Crippen LogP contribution in [0.1, 0.15) is 58.8 Å². The van der Waals surface area contributed by atoms with E-state index < -0.39 is 0 Å². The van der Waals surface area contributed by atoms with Crippen LogP contribution in [0.5, 0.6) is 0 Å². The summed E-state index contributed by atoms with van der Waals surface area (Å²) in [5.74, 6) is 0. The third-order valence-electron chi connectivity index (χ3n) is 4.47. The summed E-state index contributed by atoms with van der Waals surface area (Å²) in [6, 6.07) is 0. The molecule has 0 aromatic carbocycles. The monoisotopic (exact) mass is 355 g/mol. The predicted octanol–water partition coefficient (Wildman–Crippen LogP) is 4.19. The molecule has 118 valence electrons. The Morgan fingerprint density at radius 2 is 2.10 bits per heavy atom. The first-order valence-corrected chi connectivity index (χ1v) is 8.84. The molecule has 4 nitrogen and oxygen atoms in total. The van der Waals surface area contributed by atoms with Crippen LogP contribution in [-0.2, 0) is 6.54 Å². The van der Waals surface area contributed by atoms with E-state index >= 15 is 0 Å². The van der Waals surface area contributed by atoms with E-state index in [1.54, 1.807) is 10.9 Å². The SMILES string of the molecule is CCCCn1ncc(NCC2(C)CCCCC2)c(Br)c1=O. The predicted molar refractivity (Wildman–Crippen MR) is 90.8 cm³/mol. The van der Waals surface area contributed by atoms with Gasteiger partial charge in [-0.15, -0.1) is 0 Å². The second-order valence-electron chi connectivity index (χ2n) is 6.48. The molecule has 1 fully saturated rings. The van der Waals surface area contributed by atoms with Crippen molar-refractivity contribution in [2.24, 2.45) is 5.41 Å². The number of nitrogens with zero attached hydrogens (tertiary/aromatic N) is 2. The van der Waals surface area contributed by atoms with E-state index in [2.05, 4.69) is 40.2 Å². The molecule has 1 aliphatic carbocycles. The van der Waals surface area contributed by atoms with E-state index in [4.69, 9.17) is 0 Å². The van der Waals surface area contributed by atoms with Crippen LogP contribution in [0.3, 0.4) is 0 Å². The summed E-state index contributed by atoms with van der Waals surface area (Å²) >= 11 is 3.43. The number of anilines is 1. The molecule has 0 unspecified atom stereocenters. The van der Waals surface area contributed by atoms with E-state index in [-0.39, 0.29) is 5.56 Å². The highest BCUT2D eigenvalue weighted by molar-refractivity contribution is 9.10. The molecule has 5 heteroatoms. The Morgan fingerprint density at radius 1 is 1.38 bits per heavy atom. The van der Waals surface area contributed by atoms with Gasteiger partial charge in [0.25, 0.3) is 5.56 Å². The lowest BCUT2D eigenvalue weighted by atomic mass is 9.76. The molecule has 1 aromatic rings. The molecule has 0 amide bonds. The summed E-state index contributed by atoms with van der Waals surface area (Å²) in [5, 5.41) is 7.70. The highest BCUT2D eigenvalue weighted by atomic mass is 79.9. The summed E-state index contributed by atoms with van der Waals surface area (Å²) in [6.07, 6.45) is 10.3. The van der Waals surface area contributed by atoms with Crippen molar-refractivity contribution in [3.63, 3.8) is 0 Å². The van der Waals surface area contributed by atoms with Gasteiger partial charge in [-0.1, -0.05) is 39.5 Å². The van der Waals surface area contributed by atoms with Crippen LogP contribution in [-0.4, -0.2) is 16.3 Å². The zero-order chi connectivity index (χ0) is 15.3. The quantitative estimate of drug-likeness (QED) is 0.831. The Kier molecular flexibility index (Phi) is 5.85. The van der Waals surface area contributed by atoms with E-state index in [0.717, 1.165) is 25.1 Å². The average molecular weight is 356 g/mol. The maximum atomic E-state index is 12.2. The first kappa shape index (κ1) is 16.5. The summed E-state index contributed by atoms with van der Waals surface area (Å²) in [4.78, 5) is 12.2. The standard InChI is InChI=1S/C16H26BrN3O/c1-3-4-10-20-15(21)14(17)13(11-19-20)18-12-16(2)8-6-5-7-9-16/h11,18H,3-10,12H2,1-2H3. The maximum absolute atomic E-state index is 12.2. The van der Waals surface area contributed by atoms with Crippen molar-refractivity contribution >= 4 is 21.6 Å². The van der Waals surface area contributed by atoms with Crippen molar-refractivity contribution < 1.29 is 0 Å². The molecule has 0 bridgehead atoms. The van der Waals surface area contributed by atoms with Crippen LogP contribution in [0.15, 0.2) is 15.5 Å². The third kappa shape index (κ3) is 4.31. The fraction of sp³-hybridized carbons (Fsp3) is 0.750. The van der Waals surface area contributed by atoms with Crippen molar-refractivity contribution in [1.29, 1.82) is 0 Å². The van der Waals surface area contributed by atoms with Gasteiger partial charge < -0.3 is 5.32 Å². The Bertz CT molecular complexity index is 521. The molecule has 2 rings (SSSR count). The fourth-order valence-corrected chi connectivity index (χ4v) is 3.39. The smallest absolute Gasteiger partial charge is 0.283 e. The van der Waals surface area contributed by atoms with E-state index in [0.29, 0.717) is 16.4 Å². The lowest BCUT2D eigenvalue weighted by Gasteiger charge is -2.34. The Balaban J connectivity index is 2.03. The van der Waals surface area contributed by atoms with Crippen molar-refractivity contribution in [1.82, 2.24) is 9.78 Å². The van der Waals surface area contributed by atoms with Crippen molar-refractivity contribution in [2.45, 2.75) is 65.3 Å². The highest BCUT2D eigenvalue weighted by Crippen LogP contribution is 2.36. The number of nitrogens with one attached hydrogen (secondary N) is 1. The van der Waals surface area contributed by atoms with Crippen molar-refractivity contribution in [2.75, 3.05) is 11.9 Å². The number of aryl methyl sites for hydroxylation is 1. The summed E-state index contributed by atoms with van der Waals surface area (Å²) in [6.45, 7) is 6.04. The Hall–Kier alpha value is -0.840. The zero-order valence-corrected chi connectivity index (χ0v) is 14.7. The first-order valence-electron chi connectivity index (χ1n) is 8.05. The first-order chi connectivity index (χ1) is 10.1. The molecule has 1 N–H and O–H groups in total. The average Bonchev–Trinajstić information content (AvgIpc) is 2.48. The Morgan fingerprint density at radius 3 is 2.76 bits per heavy atom. The topological polar surface area (TPSA) is 46.9 Å². The Labute approximate surface area is 135 Å². The van der Waals surface area contributed by atoms with Gasteiger partial charge >= 0.3 is 0 Å². The van der Waals surface area contributed by atoms with Gasteiger partial charge in [0.05, 0.1) is 11.9 Å². The van der Waals surface area contributed by atoms with Gasteiger partial charge in [0, 0.05) is 13.1 Å². The molecule has 0 saturated heterocycles. The van der Waals surface area contributed by atoms with Gasteiger partial charge in [-0.3, -0.25) is 4.79 Å². The van der Waals surface area contributed by atoms with Crippen LogP contribution in [0.4, 0.5) is 5.69 Å². The summed E-state index contributed by atoms with van der Waals surface area (Å²) in [5.41, 5.74) is 1.12. The molecule has 21 heavy (non-hydrogen) atoms. The number of halogens is 1. The molecule has 1 aromatic heterocycles. The largest absolute Gasteiger partial charge is 0.382 e. The number of rotatable bonds is 6. The van der Waals surface area contributed by atoms with Gasteiger partial charge in [0.15, 0.2) is 0 Å². The number of hydrogen-bond acceptors (Lipinski definition) is 3. The number of aromatic nitrogens is 2. The molecule has 0 spiro atoms. The number of hydrogen-bond donors (Lipinski definition) is 1. The maximum Gasteiger partial charge on any atom is 0.283 e.